The van der Waals surface area contributed by atoms with Gasteiger partial charge in [-0.1, -0.05) is 23.7 Å². The molecule has 1 aromatic carbocycles. The Morgan fingerprint density at radius 2 is 2.00 bits per heavy atom. The third kappa shape index (κ3) is 4.33. The van der Waals surface area contributed by atoms with Crippen LogP contribution in [0.15, 0.2) is 42.6 Å². The summed E-state index contributed by atoms with van der Waals surface area (Å²) >= 11 is 6.33. The summed E-state index contributed by atoms with van der Waals surface area (Å²) in [6.45, 7) is 0.943. The average molecular weight is 413 g/mol. The number of fused-ring (bicyclic) bond motifs is 1. The van der Waals surface area contributed by atoms with Gasteiger partial charge in [-0.3, -0.25) is 14.3 Å². The Morgan fingerprint density at radius 3 is 2.83 bits per heavy atom. The maximum Gasteiger partial charge on any atom is 0.276 e. The Balaban J connectivity index is 1.56. The zero-order valence-corrected chi connectivity index (χ0v) is 16.7. The van der Waals surface area contributed by atoms with Gasteiger partial charge in [0.05, 0.1) is 35.3 Å². The smallest absolute Gasteiger partial charge is 0.276 e. The van der Waals surface area contributed by atoms with Gasteiger partial charge in [-0.2, -0.15) is 5.10 Å². The molecule has 0 fully saturated rings. The van der Waals surface area contributed by atoms with Crippen molar-refractivity contribution in [1.29, 1.82) is 0 Å². The van der Waals surface area contributed by atoms with E-state index in [1.165, 1.54) is 19.2 Å². The van der Waals surface area contributed by atoms with Crippen molar-refractivity contribution in [1.82, 2.24) is 20.2 Å². The zero-order valence-electron chi connectivity index (χ0n) is 15.9. The van der Waals surface area contributed by atoms with E-state index in [4.69, 9.17) is 16.4 Å². The lowest BCUT2D eigenvalue weighted by Gasteiger charge is -2.13. The molecule has 1 aliphatic rings. The van der Waals surface area contributed by atoms with Crippen LogP contribution in [0.4, 0.5) is 23.0 Å². The molecule has 0 radical (unpaired) electrons. The normalized spacial score (nSPS) is 12.9. The van der Waals surface area contributed by atoms with Gasteiger partial charge in [-0.15, -0.1) is 0 Å². The standard InChI is InChI=1S/C20H21ClN6O2/c1-29-26-20(28)14-7-2-3-8-16(14)23-17-11-18(22-12-15(17)21)24-19-10-13-6-4-5-9-27(13)25-19/h2-3,7-8,10-12H,4-6,9H2,1H3,(H,26,28)(H2,22,23,24,25). The summed E-state index contributed by atoms with van der Waals surface area (Å²) in [5.41, 5.74) is 5.19. The fourth-order valence-electron chi connectivity index (χ4n) is 3.30. The van der Waals surface area contributed by atoms with Gasteiger partial charge in [0.1, 0.15) is 5.82 Å². The molecular formula is C20H21ClN6O2. The van der Waals surface area contributed by atoms with E-state index < -0.39 is 0 Å². The number of aryl methyl sites for hydroxylation is 2. The molecule has 150 valence electrons. The molecule has 2 aromatic heterocycles. The number of nitrogens with zero attached hydrogens (tertiary/aromatic N) is 3. The second-order valence-electron chi connectivity index (χ2n) is 6.68. The Labute approximate surface area is 173 Å². The number of aromatic nitrogens is 3. The van der Waals surface area contributed by atoms with E-state index in [0.29, 0.717) is 27.8 Å². The molecule has 1 amide bonds. The topological polar surface area (TPSA) is 93.1 Å². The van der Waals surface area contributed by atoms with Gasteiger partial charge in [0.2, 0.25) is 0 Å². The van der Waals surface area contributed by atoms with Crippen LogP contribution in [0.1, 0.15) is 28.9 Å². The van der Waals surface area contributed by atoms with Crippen molar-refractivity contribution in [3.05, 3.63) is 58.9 Å². The number of rotatable bonds is 6. The fourth-order valence-corrected chi connectivity index (χ4v) is 3.45. The molecule has 1 aliphatic heterocycles. The predicted octanol–water partition coefficient (Wildman–Crippen LogP) is 4.05. The molecule has 0 spiro atoms. The molecule has 8 nitrogen and oxygen atoms in total. The Kier molecular flexibility index (Phi) is 5.64. The molecule has 4 rings (SSSR count). The number of benzene rings is 1. The Morgan fingerprint density at radius 1 is 1.14 bits per heavy atom. The molecule has 3 heterocycles. The van der Waals surface area contributed by atoms with Gasteiger partial charge in [0.25, 0.3) is 5.91 Å². The van der Waals surface area contributed by atoms with Gasteiger partial charge in [0, 0.05) is 24.4 Å². The monoisotopic (exact) mass is 412 g/mol. The van der Waals surface area contributed by atoms with Gasteiger partial charge in [-0.25, -0.2) is 10.5 Å². The summed E-state index contributed by atoms with van der Waals surface area (Å²) in [4.78, 5) is 21.3. The zero-order chi connectivity index (χ0) is 20.2. The first kappa shape index (κ1) is 19.2. The van der Waals surface area contributed by atoms with Crippen molar-refractivity contribution in [2.75, 3.05) is 17.7 Å². The summed E-state index contributed by atoms with van der Waals surface area (Å²) < 4.78 is 2.03. The highest BCUT2D eigenvalue weighted by Crippen LogP contribution is 2.30. The summed E-state index contributed by atoms with van der Waals surface area (Å²) in [6.07, 6.45) is 4.93. The van der Waals surface area contributed by atoms with Crippen molar-refractivity contribution in [3.63, 3.8) is 0 Å². The van der Waals surface area contributed by atoms with E-state index >= 15 is 0 Å². The molecule has 0 unspecified atom stereocenters. The lowest BCUT2D eigenvalue weighted by Crippen LogP contribution is -2.22. The number of para-hydroxylation sites is 1. The van der Waals surface area contributed by atoms with Crippen molar-refractivity contribution >= 4 is 40.5 Å². The quantitative estimate of drug-likeness (QED) is 0.529. The second kappa shape index (κ2) is 8.50. The second-order valence-corrected chi connectivity index (χ2v) is 7.09. The number of carbonyl (C=O) groups is 1. The molecule has 3 aromatic rings. The first-order chi connectivity index (χ1) is 14.1. The van der Waals surface area contributed by atoms with E-state index in [9.17, 15) is 4.79 Å². The summed E-state index contributed by atoms with van der Waals surface area (Å²) in [6, 6.07) is 10.9. The molecule has 3 N–H and O–H groups in total. The predicted molar refractivity (Wildman–Crippen MR) is 112 cm³/mol. The Hall–Kier alpha value is -3.10. The Bertz CT molecular complexity index is 1010. The first-order valence-electron chi connectivity index (χ1n) is 9.33. The lowest BCUT2D eigenvalue weighted by molar-refractivity contribution is 0.0538. The van der Waals surface area contributed by atoms with Crippen molar-refractivity contribution in [2.45, 2.75) is 25.8 Å². The van der Waals surface area contributed by atoms with Crippen LogP contribution in [0.3, 0.4) is 0 Å². The third-order valence-electron chi connectivity index (χ3n) is 4.66. The van der Waals surface area contributed by atoms with Crippen LogP contribution in [0, 0.1) is 0 Å². The van der Waals surface area contributed by atoms with Crippen LogP contribution >= 0.6 is 11.6 Å². The van der Waals surface area contributed by atoms with Crippen molar-refractivity contribution in [3.8, 4) is 0 Å². The van der Waals surface area contributed by atoms with E-state index in [0.717, 1.165) is 25.2 Å². The van der Waals surface area contributed by atoms with Gasteiger partial charge >= 0.3 is 0 Å². The number of anilines is 4. The number of hydrogen-bond donors (Lipinski definition) is 3. The van der Waals surface area contributed by atoms with Crippen LogP contribution in [-0.4, -0.2) is 27.8 Å². The van der Waals surface area contributed by atoms with Crippen LogP contribution in [0.2, 0.25) is 5.02 Å². The highest BCUT2D eigenvalue weighted by atomic mass is 35.5. The number of carbonyl (C=O) groups excluding carboxylic acids is 1. The highest BCUT2D eigenvalue weighted by molar-refractivity contribution is 6.33. The maximum absolute atomic E-state index is 12.2. The van der Waals surface area contributed by atoms with Crippen molar-refractivity contribution in [2.24, 2.45) is 0 Å². The van der Waals surface area contributed by atoms with E-state index in [2.05, 4.69) is 26.2 Å². The molecule has 0 saturated carbocycles. The van der Waals surface area contributed by atoms with E-state index in [1.54, 1.807) is 30.5 Å². The minimum absolute atomic E-state index is 0.359. The number of nitrogens with one attached hydrogen (secondary N) is 3. The van der Waals surface area contributed by atoms with Gasteiger partial charge in [-0.05, 0) is 31.4 Å². The van der Waals surface area contributed by atoms with Gasteiger partial charge < -0.3 is 10.6 Å². The number of hydrogen-bond acceptors (Lipinski definition) is 6. The SMILES string of the molecule is CONC(=O)c1ccccc1Nc1cc(Nc2cc3n(n2)CCCC3)ncc1Cl. The highest BCUT2D eigenvalue weighted by Gasteiger charge is 2.15. The fraction of sp³-hybridized carbons (Fsp3) is 0.250. The number of halogens is 1. The summed E-state index contributed by atoms with van der Waals surface area (Å²) in [5, 5.41) is 11.4. The summed E-state index contributed by atoms with van der Waals surface area (Å²) in [7, 11) is 1.39. The molecule has 0 saturated heterocycles. The minimum Gasteiger partial charge on any atom is -0.353 e. The maximum atomic E-state index is 12.2. The number of amides is 1. The third-order valence-corrected chi connectivity index (χ3v) is 4.96. The van der Waals surface area contributed by atoms with Crippen LogP contribution in [0.5, 0.6) is 0 Å². The number of pyridine rings is 1. The molecule has 0 atom stereocenters. The van der Waals surface area contributed by atoms with E-state index in [-0.39, 0.29) is 5.91 Å². The molecule has 29 heavy (non-hydrogen) atoms. The lowest BCUT2D eigenvalue weighted by atomic mass is 10.1. The van der Waals surface area contributed by atoms with Gasteiger partial charge in [0.15, 0.2) is 5.82 Å². The largest absolute Gasteiger partial charge is 0.353 e. The molecular weight excluding hydrogens is 392 g/mol. The number of hydroxylamine groups is 1. The first-order valence-corrected chi connectivity index (χ1v) is 9.70. The van der Waals surface area contributed by atoms with Crippen LogP contribution in [-0.2, 0) is 17.8 Å². The van der Waals surface area contributed by atoms with E-state index in [1.807, 2.05) is 16.8 Å². The minimum atomic E-state index is -0.359. The molecule has 9 heteroatoms. The average Bonchev–Trinajstić information content (AvgIpc) is 3.13. The van der Waals surface area contributed by atoms with Crippen LogP contribution in [0.25, 0.3) is 0 Å². The molecule has 0 bridgehead atoms. The summed E-state index contributed by atoms with van der Waals surface area (Å²) in [5.74, 6) is 0.997. The van der Waals surface area contributed by atoms with Crippen molar-refractivity contribution < 1.29 is 9.63 Å². The molecule has 0 aliphatic carbocycles. The van der Waals surface area contributed by atoms with Crippen LogP contribution < -0.4 is 16.1 Å².